The van der Waals surface area contributed by atoms with Gasteiger partial charge in [-0.2, -0.15) is 0 Å². The van der Waals surface area contributed by atoms with Gasteiger partial charge in [0.05, 0.1) is 5.51 Å². The number of hydrogen-bond acceptors (Lipinski definition) is 5. The van der Waals surface area contributed by atoms with E-state index < -0.39 is 0 Å². The Morgan fingerprint density at radius 2 is 2.11 bits per heavy atom. The third-order valence-corrected chi connectivity index (χ3v) is 3.36. The number of nitrogens with zero attached hydrogens (tertiary/aromatic N) is 3. The van der Waals surface area contributed by atoms with E-state index in [1.807, 2.05) is 12.3 Å². The van der Waals surface area contributed by atoms with Gasteiger partial charge in [0.1, 0.15) is 11.5 Å². The summed E-state index contributed by atoms with van der Waals surface area (Å²) in [4.78, 5) is 13.4. The molecular formula is C13H18N4S. The second kappa shape index (κ2) is 5.91. The molecule has 0 spiro atoms. The topological polar surface area (TPSA) is 50.7 Å². The first-order valence-corrected chi connectivity index (χ1v) is 7.20. The molecule has 2 rings (SSSR count). The van der Waals surface area contributed by atoms with Crippen LogP contribution in [0.1, 0.15) is 31.5 Å². The van der Waals surface area contributed by atoms with Crippen molar-refractivity contribution in [2.24, 2.45) is 0 Å². The van der Waals surface area contributed by atoms with Crippen molar-refractivity contribution in [3.8, 4) is 11.5 Å². The summed E-state index contributed by atoms with van der Waals surface area (Å²) < 4.78 is 0. The van der Waals surface area contributed by atoms with Crippen LogP contribution in [0.2, 0.25) is 0 Å². The molecule has 0 fully saturated rings. The van der Waals surface area contributed by atoms with Crippen molar-refractivity contribution in [3.63, 3.8) is 0 Å². The maximum Gasteiger partial charge on any atom is 0.181 e. The van der Waals surface area contributed by atoms with E-state index >= 15 is 0 Å². The minimum atomic E-state index is 0.713. The lowest BCUT2D eigenvalue weighted by atomic mass is 10.1. The van der Waals surface area contributed by atoms with Gasteiger partial charge in [0.15, 0.2) is 5.82 Å². The molecular weight excluding hydrogens is 244 g/mol. The number of hydrogen-bond donors (Lipinski definition) is 1. The lowest BCUT2D eigenvalue weighted by Gasteiger charge is -2.12. The Morgan fingerprint density at radius 1 is 1.28 bits per heavy atom. The van der Waals surface area contributed by atoms with Crippen LogP contribution in [0.15, 0.2) is 10.9 Å². The van der Waals surface area contributed by atoms with E-state index in [0.29, 0.717) is 5.82 Å². The second-order valence-corrected chi connectivity index (χ2v) is 4.83. The molecule has 0 atom stereocenters. The summed E-state index contributed by atoms with van der Waals surface area (Å²) in [5.74, 6) is 1.67. The highest BCUT2D eigenvalue weighted by atomic mass is 32.1. The minimum Gasteiger partial charge on any atom is -0.370 e. The molecule has 4 nitrogen and oxygen atoms in total. The zero-order chi connectivity index (χ0) is 13.0. The van der Waals surface area contributed by atoms with Crippen LogP contribution in [0.4, 0.5) is 5.82 Å². The van der Waals surface area contributed by atoms with E-state index in [-0.39, 0.29) is 0 Å². The quantitative estimate of drug-likeness (QED) is 0.898. The van der Waals surface area contributed by atoms with Gasteiger partial charge in [-0.15, -0.1) is 11.3 Å². The van der Waals surface area contributed by atoms with Crippen LogP contribution in [0.5, 0.6) is 0 Å². The molecule has 0 aliphatic carbocycles. The molecule has 0 aromatic carbocycles. The van der Waals surface area contributed by atoms with Crippen LogP contribution in [0, 0.1) is 6.92 Å². The average molecular weight is 262 g/mol. The first kappa shape index (κ1) is 13.0. The fourth-order valence-electron chi connectivity index (χ4n) is 1.85. The van der Waals surface area contributed by atoms with Crippen LogP contribution in [0.25, 0.3) is 11.5 Å². The summed E-state index contributed by atoms with van der Waals surface area (Å²) in [6.45, 7) is 7.24. The van der Waals surface area contributed by atoms with E-state index in [0.717, 1.165) is 36.6 Å². The summed E-state index contributed by atoms with van der Waals surface area (Å²) >= 11 is 1.56. The zero-order valence-electron chi connectivity index (χ0n) is 11.0. The number of anilines is 1. The van der Waals surface area contributed by atoms with Crippen molar-refractivity contribution in [1.29, 1.82) is 0 Å². The predicted molar refractivity (Wildman–Crippen MR) is 76.0 cm³/mol. The van der Waals surface area contributed by atoms with Gasteiger partial charge in [-0.3, -0.25) is 0 Å². The normalized spacial score (nSPS) is 10.6. The molecule has 2 aromatic heterocycles. The van der Waals surface area contributed by atoms with Gasteiger partial charge in [0, 0.05) is 23.2 Å². The van der Waals surface area contributed by atoms with E-state index in [1.165, 1.54) is 5.56 Å². The molecule has 0 amide bonds. The monoisotopic (exact) mass is 262 g/mol. The van der Waals surface area contributed by atoms with Gasteiger partial charge < -0.3 is 5.32 Å². The minimum absolute atomic E-state index is 0.713. The molecule has 2 heterocycles. The molecule has 0 aliphatic heterocycles. The Morgan fingerprint density at radius 3 is 2.72 bits per heavy atom. The van der Waals surface area contributed by atoms with Gasteiger partial charge >= 0.3 is 0 Å². The third-order valence-electron chi connectivity index (χ3n) is 2.77. The largest absolute Gasteiger partial charge is 0.370 e. The molecule has 0 bridgehead atoms. The number of thiazole rings is 1. The fraction of sp³-hybridized carbons (Fsp3) is 0.462. The third kappa shape index (κ3) is 2.67. The summed E-state index contributed by atoms with van der Waals surface area (Å²) in [6.07, 6.45) is 2.02. The van der Waals surface area contributed by atoms with Crippen LogP contribution in [0.3, 0.4) is 0 Å². The predicted octanol–water partition coefficient (Wildman–Crippen LogP) is 3.29. The summed E-state index contributed by atoms with van der Waals surface area (Å²) in [6, 6.07) is 0. The Hall–Kier alpha value is -1.49. The van der Waals surface area contributed by atoms with E-state index in [1.54, 1.807) is 16.8 Å². The number of nitrogens with one attached hydrogen (secondary N) is 1. The number of rotatable bonds is 5. The molecule has 5 heteroatoms. The molecule has 96 valence electrons. The Kier molecular flexibility index (Phi) is 4.25. The molecule has 0 saturated heterocycles. The number of aromatic nitrogens is 3. The SMILES string of the molecule is CCCNc1nc(-c2cscn2)nc(C)c1CC. The average Bonchev–Trinajstić information content (AvgIpc) is 2.89. The highest BCUT2D eigenvalue weighted by Gasteiger charge is 2.12. The first-order valence-electron chi connectivity index (χ1n) is 6.26. The molecule has 0 saturated carbocycles. The van der Waals surface area contributed by atoms with Crippen molar-refractivity contribution in [3.05, 3.63) is 22.1 Å². The summed E-state index contributed by atoms with van der Waals surface area (Å²) in [7, 11) is 0. The maximum atomic E-state index is 4.61. The fourth-order valence-corrected chi connectivity index (χ4v) is 2.38. The highest BCUT2D eigenvalue weighted by molar-refractivity contribution is 7.07. The molecule has 2 aromatic rings. The van der Waals surface area contributed by atoms with Gasteiger partial charge in [-0.25, -0.2) is 15.0 Å². The molecule has 0 aliphatic rings. The van der Waals surface area contributed by atoms with Gasteiger partial charge in [-0.05, 0) is 19.8 Å². The van der Waals surface area contributed by atoms with Gasteiger partial charge in [0.25, 0.3) is 0 Å². The van der Waals surface area contributed by atoms with Crippen molar-refractivity contribution in [2.45, 2.75) is 33.6 Å². The highest BCUT2D eigenvalue weighted by Crippen LogP contribution is 2.22. The van der Waals surface area contributed by atoms with E-state index in [2.05, 4.69) is 34.1 Å². The smallest absolute Gasteiger partial charge is 0.181 e. The van der Waals surface area contributed by atoms with Crippen molar-refractivity contribution >= 4 is 17.2 Å². The maximum absolute atomic E-state index is 4.61. The Balaban J connectivity index is 2.42. The summed E-state index contributed by atoms with van der Waals surface area (Å²) in [5, 5.41) is 5.36. The van der Waals surface area contributed by atoms with Crippen LogP contribution < -0.4 is 5.32 Å². The molecule has 0 unspecified atom stereocenters. The van der Waals surface area contributed by atoms with Crippen LogP contribution >= 0.6 is 11.3 Å². The van der Waals surface area contributed by atoms with Crippen molar-refractivity contribution < 1.29 is 0 Å². The lowest BCUT2D eigenvalue weighted by Crippen LogP contribution is -2.09. The van der Waals surface area contributed by atoms with Gasteiger partial charge in [-0.1, -0.05) is 13.8 Å². The van der Waals surface area contributed by atoms with E-state index in [4.69, 9.17) is 0 Å². The number of aryl methyl sites for hydroxylation is 1. The molecule has 0 radical (unpaired) electrons. The van der Waals surface area contributed by atoms with Gasteiger partial charge in [0.2, 0.25) is 0 Å². The van der Waals surface area contributed by atoms with Crippen molar-refractivity contribution in [2.75, 3.05) is 11.9 Å². The lowest BCUT2D eigenvalue weighted by molar-refractivity contribution is 0.937. The Labute approximate surface area is 112 Å². The standard InChI is InChI=1S/C13H18N4S/c1-4-6-14-12-10(5-2)9(3)16-13(17-12)11-7-18-8-15-11/h7-8H,4-6H2,1-3H3,(H,14,16,17). The molecule has 1 N–H and O–H groups in total. The van der Waals surface area contributed by atoms with Crippen LogP contribution in [-0.2, 0) is 6.42 Å². The molecule has 18 heavy (non-hydrogen) atoms. The second-order valence-electron chi connectivity index (χ2n) is 4.11. The first-order chi connectivity index (χ1) is 8.76. The zero-order valence-corrected chi connectivity index (χ0v) is 11.8. The Bertz CT molecular complexity index is 508. The van der Waals surface area contributed by atoms with Crippen molar-refractivity contribution in [1.82, 2.24) is 15.0 Å². The van der Waals surface area contributed by atoms with Crippen LogP contribution in [-0.4, -0.2) is 21.5 Å². The van der Waals surface area contributed by atoms with E-state index in [9.17, 15) is 0 Å². The summed E-state index contributed by atoms with van der Waals surface area (Å²) in [5.41, 5.74) is 4.89.